The van der Waals surface area contributed by atoms with Crippen LogP contribution in [-0.2, 0) is 13.2 Å². The first-order valence-corrected chi connectivity index (χ1v) is 9.82. The highest BCUT2D eigenvalue weighted by molar-refractivity contribution is 7.07. The number of thiazole rings is 1. The molecule has 3 aromatic heterocycles. The zero-order valence-electron chi connectivity index (χ0n) is 15.7. The third-order valence-electron chi connectivity index (χ3n) is 4.35. The lowest BCUT2D eigenvalue weighted by atomic mass is 10.2. The minimum atomic E-state index is -0.0679. The third-order valence-corrected chi connectivity index (χ3v) is 4.98. The summed E-state index contributed by atoms with van der Waals surface area (Å²) in [7, 11) is 1.77. The molecular formula is C21H20N4O2S. The molecule has 0 aliphatic heterocycles. The normalized spacial score (nSPS) is 10.9. The number of fused-ring (bicyclic) bond motifs is 1. The molecule has 7 heteroatoms. The lowest BCUT2D eigenvalue weighted by Crippen LogP contribution is -2.26. The number of ether oxygens (including phenoxy) is 1. The Balaban J connectivity index is 1.43. The van der Waals surface area contributed by atoms with Gasteiger partial charge in [-0.15, -0.1) is 11.3 Å². The molecule has 0 fully saturated rings. The Morgan fingerprint density at radius 1 is 1.21 bits per heavy atom. The Hall–Kier alpha value is -3.19. The van der Waals surface area contributed by atoms with Crippen LogP contribution in [0.5, 0.6) is 5.75 Å². The number of nitrogens with zero attached hydrogens (tertiary/aromatic N) is 4. The van der Waals surface area contributed by atoms with Crippen molar-refractivity contribution < 1.29 is 9.53 Å². The van der Waals surface area contributed by atoms with Gasteiger partial charge in [0.15, 0.2) is 0 Å². The van der Waals surface area contributed by atoms with Crippen molar-refractivity contribution in [2.45, 2.75) is 20.1 Å². The van der Waals surface area contributed by atoms with Crippen molar-refractivity contribution in [3.05, 3.63) is 82.2 Å². The highest BCUT2D eigenvalue weighted by Crippen LogP contribution is 2.17. The number of aromatic nitrogens is 3. The van der Waals surface area contributed by atoms with Gasteiger partial charge in [0.25, 0.3) is 5.91 Å². The Morgan fingerprint density at radius 2 is 2.11 bits per heavy atom. The summed E-state index contributed by atoms with van der Waals surface area (Å²) in [5.74, 6) is 0.572. The summed E-state index contributed by atoms with van der Waals surface area (Å²) >= 11 is 1.52. The first kappa shape index (κ1) is 18.2. The molecule has 142 valence electrons. The van der Waals surface area contributed by atoms with Crippen LogP contribution in [0.1, 0.15) is 27.3 Å². The van der Waals surface area contributed by atoms with Gasteiger partial charge in [-0.25, -0.2) is 9.97 Å². The highest BCUT2D eigenvalue weighted by atomic mass is 32.1. The van der Waals surface area contributed by atoms with Crippen molar-refractivity contribution in [2.75, 3.05) is 7.05 Å². The monoisotopic (exact) mass is 392 g/mol. The van der Waals surface area contributed by atoms with Gasteiger partial charge in [0.1, 0.15) is 18.0 Å². The van der Waals surface area contributed by atoms with Gasteiger partial charge in [-0.2, -0.15) is 0 Å². The van der Waals surface area contributed by atoms with E-state index in [2.05, 4.69) is 9.97 Å². The topological polar surface area (TPSA) is 59.7 Å². The van der Waals surface area contributed by atoms with Gasteiger partial charge in [0, 0.05) is 30.4 Å². The zero-order valence-corrected chi connectivity index (χ0v) is 16.5. The Labute approximate surface area is 167 Å². The van der Waals surface area contributed by atoms with Crippen LogP contribution in [0.15, 0.2) is 59.7 Å². The second kappa shape index (κ2) is 7.82. The van der Waals surface area contributed by atoms with Crippen molar-refractivity contribution >= 4 is 22.9 Å². The van der Waals surface area contributed by atoms with Crippen molar-refractivity contribution in [1.82, 2.24) is 19.3 Å². The molecule has 0 saturated carbocycles. The first-order valence-electron chi connectivity index (χ1n) is 8.88. The van der Waals surface area contributed by atoms with Crippen LogP contribution in [0.2, 0.25) is 0 Å². The Bertz CT molecular complexity index is 1100. The van der Waals surface area contributed by atoms with Gasteiger partial charge in [0.05, 0.1) is 23.4 Å². The maximum atomic E-state index is 12.7. The second-order valence-corrected chi connectivity index (χ2v) is 7.38. The molecule has 4 rings (SSSR count). The van der Waals surface area contributed by atoms with E-state index in [0.29, 0.717) is 24.5 Å². The van der Waals surface area contributed by atoms with E-state index < -0.39 is 0 Å². The molecule has 0 spiro atoms. The number of hydrogen-bond acceptors (Lipinski definition) is 5. The number of benzene rings is 1. The Morgan fingerprint density at radius 3 is 2.93 bits per heavy atom. The fourth-order valence-electron chi connectivity index (χ4n) is 2.95. The van der Waals surface area contributed by atoms with Crippen molar-refractivity contribution in [3.8, 4) is 5.75 Å². The molecular weight excluding hydrogens is 372 g/mol. The SMILES string of the molecule is Cc1ccc2nc(COc3cccc(C(=O)N(C)Cc4cscn4)c3)cn2c1. The van der Waals surface area contributed by atoms with Crippen molar-refractivity contribution in [3.63, 3.8) is 0 Å². The number of aryl methyl sites for hydroxylation is 1. The lowest BCUT2D eigenvalue weighted by Gasteiger charge is -2.16. The number of imidazole rings is 1. The van der Waals surface area contributed by atoms with Crippen LogP contribution < -0.4 is 4.74 Å². The van der Waals surface area contributed by atoms with E-state index in [1.165, 1.54) is 16.9 Å². The summed E-state index contributed by atoms with van der Waals surface area (Å²) in [5.41, 5.74) is 6.13. The minimum absolute atomic E-state index is 0.0679. The van der Waals surface area contributed by atoms with Gasteiger partial charge in [-0.1, -0.05) is 12.1 Å². The minimum Gasteiger partial charge on any atom is -0.487 e. The van der Waals surface area contributed by atoms with Crippen molar-refractivity contribution in [1.29, 1.82) is 0 Å². The third kappa shape index (κ3) is 4.04. The summed E-state index contributed by atoms with van der Waals surface area (Å²) in [4.78, 5) is 23.1. The second-order valence-electron chi connectivity index (χ2n) is 6.66. The highest BCUT2D eigenvalue weighted by Gasteiger charge is 2.14. The van der Waals surface area contributed by atoms with E-state index in [1.54, 1.807) is 29.6 Å². The number of carbonyl (C=O) groups excluding carboxylic acids is 1. The predicted octanol–water partition coefficient (Wildman–Crippen LogP) is 3.95. The average molecular weight is 392 g/mol. The van der Waals surface area contributed by atoms with E-state index in [-0.39, 0.29) is 5.91 Å². The molecule has 0 unspecified atom stereocenters. The first-order chi connectivity index (χ1) is 13.6. The smallest absolute Gasteiger partial charge is 0.254 e. The molecule has 0 aliphatic rings. The number of carbonyl (C=O) groups is 1. The Kier molecular flexibility index (Phi) is 5.08. The van der Waals surface area contributed by atoms with E-state index in [1.807, 2.05) is 53.4 Å². The van der Waals surface area contributed by atoms with Gasteiger partial charge in [-0.05, 0) is 36.8 Å². The van der Waals surface area contributed by atoms with Crippen LogP contribution in [0.25, 0.3) is 5.65 Å². The molecule has 28 heavy (non-hydrogen) atoms. The molecule has 0 bridgehead atoms. The van der Waals surface area contributed by atoms with Crippen LogP contribution in [-0.4, -0.2) is 32.2 Å². The molecule has 1 aromatic carbocycles. The average Bonchev–Trinajstić information content (AvgIpc) is 3.35. The molecule has 0 aliphatic carbocycles. The summed E-state index contributed by atoms with van der Waals surface area (Å²) in [6.07, 6.45) is 3.99. The van der Waals surface area contributed by atoms with Crippen molar-refractivity contribution in [2.24, 2.45) is 0 Å². The number of hydrogen-bond donors (Lipinski definition) is 0. The summed E-state index contributed by atoms with van der Waals surface area (Å²) in [5, 5.41) is 1.94. The van der Waals surface area contributed by atoms with E-state index in [4.69, 9.17) is 4.74 Å². The van der Waals surface area contributed by atoms with Crippen LogP contribution in [0.3, 0.4) is 0 Å². The van der Waals surface area contributed by atoms with E-state index in [9.17, 15) is 4.79 Å². The molecule has 3 heterocycles. The van der Waals surface area contributed by atoms with E-state index >= 15 is 0 Å². The van der Waals surface area contributed by atoms with Crippen LogP contribution in [0, 0.1) is 6.92 Å². The predicted molar refractivity (Wildman–Crippen MR) is 109 cm³/mol. The molecule has 4 aromatic rings. The fraction of sp³-hybridized carbons (Fsp3) is 0.190. The maximum Gasteiger partial charge on any atom is 0.254 e. The zero-order chi connectivity index (χ0) is 19.5. The number of pyridine rings is 1. The summed E-state index contributed by atoms with van der Waals surface area (Å²) in [6, 6.07) is 11.2. The molecule has 1 amide bonds. The molecule has 0 N–H and O–H groups in total. The summed E-state index contributed by atoms with van der Waals surface area (Å²) < 4.78 is 7.86. The molecule has 0 saturated heterocycles. The van der Waals surface area contributed by atoms with Gasteiger partial charge >= 0.3 is 0 Å². The number of rotatable bonds is 6. The van der Waals surface area contributed by atoms with Crippen LogP contribution >= 0.6 is 11.3 Å². The fourth-order valence-corrected chi connectivity index (χ4v) is 3.50. The standard InChI is InChI=1S/C21H20N4O2S/c1-15-6-7-20-23-17(11-25(20)9-15)12-27-19-5-3-4-16(8-19)21(26)24(2)10-18-13-28-14-22-18/h3-9,11,13-14H,10,12H2,1-2H3. The molecule has 0 atom stereocenters. The van der Waals surface area contributed by atoms with E-state index in [0.717, 1.165) is 17.0 Å². The largest absolute Gasteiger partial charge is 0.487 e. The van der Waals surface area contributed by atoms with Gasteiger partial charge < -0.3 is 14.0 Å². The quantitative estimate of drug-likeness (QED) is 0.498. The molecule has 0 radical (unpaired) electrons. The maximum absolute atomic E-state index is 12.7. The van der Waals surface area contributed by atoms with Gasteiger partial charge in [0.2, 0.25) is 0 Å². The number of amides is 1. The van der Waals surface area contributed by atoms with Crippen LogP contribution in [0.4, 0.5) is 0 Å². The molecule has 6 nitrogen and oxygen atoms in total. The van der Waals surface area contributed by atoms with Gasteiger partial charge in [-0.3, -0.25) is 4.79 Å². The summed E-state index contributed by atoms with van der Waals surface area (Å²) in [6.45, 7) is 2.87. The lowest BCUT2D eigenvalue weighted by molar-refractivity contribution is 0.0783.